The number of hydrogen-bond acceptors (Lipinski definition) is 7. The van der Waals surface area contributed by atoms with E-state index in [0.29, 0.717) is 22.5 Å². The molecule has 4 aromatic rings. The molecule has 0 aliphatic rings. The van der Waals surface area contributed by atoms with Crippen molar-refractivity contribution in [1.29, 1.82) is 0 Å². The molecule has 7 nitrogen and oxygen atoms in total. The normalized spacial score (nSPS) is 10.9. The number of fused-ring (bicyclic) bond motifs is 1. The molecule has 3 aromatic carbocycles. The van der Waals surface area contributed by atoms with Crippen molar-refractivity contribution in [3.63, 3.8) is 0 Å². The van der Waals surface area contributed by atoms with Crippen LogP contribution in [0.15, 0.2) is 65.3 Å². The molecule has 1 aromatic heterocycles. The molecule has 3 N–H and O–H groups in total. The Bertz CT molecular complexity index is 1240. The lowest BCUT2D eigenvalue weighted by Gasteiger charge is -2.13. The van der Waals surface area contributed by atoms with Crippen LogP contribution < -0.4 is 4.74 Å². The van der Waals surface area contributed by atoms with Gasteiger partial charge in [0, 0.05) is 34.2 Å². The van der Waals surface area contributed by atoms with Crippen LogP contribution in [-0.4, -0.2) is 28.4 Å². The molecule has 0 amide bonds. The zero-order valence-corrected chi connectivity index (χ0v) is 16.7. The minimum Gasteiger partial charge on any atom is -0.508 e. The molecule has 0 bridgehead atoms. The maximum Gasteiger partial charge on any atom is 0.310 e. The summed E-state index contributed by atoms with van der Waals surface area (Å²) >= 11 is 0. The predicted molar refractivity (Wildman–Crippen MR) is 113 cm³/mol. The monoisotopic (exact) mass is 420 g/mol. The highest BCUT2D eigenvalue weighted by Crippen LogP contribution is 2.38. The predicted octanol–water partition coefficient (Wildman–Crippen LogP) is 4.51. The van der Waals surface area contributed by atoms with Crippen LogP contribution in [-0.2, 0) is 22.6 Å². The molecule has 0 aliphatic heterocycles. The maximum atomic E-state index is 11.7. The zero-order valence-electron chi connectivity index (χ0n) is 16.7. The lowest BCUT2D eigenvalue weighted by molar-refractivity contribution is -0.139. The Kier molecular flexibility index (Phi) is 5.41. The molecule has 0 fully saturated rings. The second-order valence-electron chi connectivity index (χ2n) is 7.01. The van der Waals surface area contributed by atoms with E-state index in [2.05, 4.69) is 0 Å². The van der Waals surface area contributed by atoms with Crippen molar-refractivity contribution in [1.82, 2.24) is 0 Å². The largest absolute Gasteiger partial charge is 0.508 e. The number of carbonyl (C=O) groups is 1. The molecule has 0 unspecified atom stereocenters. The van der Waals surface area contributed by atoms with Gasteiger partial charge in [-0.3, -0.25) is 4.79 Å². The van der Waals surface area contributed by atoms with Crippen LogP contribution in [0, 0.1) is 0 Å². The van der Waals surface area contributed by atoms with Crippen LogP contribution >= 0.6 is 0 Å². The minimum absolute atomic E-state index is 0.0406. The minimum atomic E-state index is -0.378. The molecule has 4 rings (SSSR count). The highest BCUT2D eigenvalue weighted by atomic mass is 16.5. The Labute approximate surface area is 177 Å². The first-order chi connectivity index (χ1) is 14.9. The lowest BCUT2D eigenvalue weighted by atomic mass is 10.0. The summed E-state index contributed by atoms with van der Waals surface area (Å²) in [5.41, 5.74) is 3.23. The van der Waals surface area contributed by atoms with Gasteiger partial charge < -0.3 is 29.2 Å². The quantitative estimate of drug-likeness (QED) is 0.394. The van der Waals surface area contributed by atoms with E-state index >= 15 is 0 Å². The molecule has 0 radical (unpaired) electrons. The Morgan fingerprint density at radius 2 is 1.68 bits per heavy atom. The van der Waals surface area contributed by atoms with Crippen molar-refractivity contribution in [2.75, 3.05) is 7.11 Å². The summed E-state index contributed by atoms with van der Waals surface area (Å²) in [5, 5.41) is 29.9. The highest BCUT2D eigenvalue weighted by molar-refractivity contribution is 5.92. The molecule has 0 aliphatic carbocycles. The first-order valence-corrected chi connectivity index (χ1v) is 9.48. The van der Waals surface area contributed by atoms with E-state index in [-0.39, 0.29) is 36.2 Å². The van der Waals surface area contributed by atoms with Gasteiger partial charge in [0.1, 0.15) is 35.2 Å². The van der Waals surface area contributed by atoms with E-state index in [1.54, 1.807) is 36.4 Å². The third-order valence-electron chi connectivity index (χ3n) is 4.95. The van der Waals surface area contributed by atoms with Gasteiger partial charge in [-0.25, -0.2) is 0 Å². The number of esters is 1. The first-order valence-electron chi connectivity index (χ1n) is 9.48. The summed E-state index contributed by atoms with van der Waals surface area (Å²) < 4.78 is 16.4. The summed E-state index contributed by atoms with van der Waals surface area (Å²) in [6.07, 6.45) is 1.58. The van der Waals surface area contributed by atoms with Gasteiger partial charge in [-0.1, -0.05) is 12.1 Å². The second-order valence-corrected chi connectivity index (χ2v) is 7.01. The Morgan fingerprint density at radius 3 is 2.39 bits per heavy atom. The molecule has 7 heteroatoms. The smallest absolute Gasteiger partial charge is 0.310 e. The fourth-order valence-electron chi connectivity index (χ4n) is 3.29. The van der Waals surface area contributed by atoms with E-state index < -0.39 is 0 Å². The van der Waals surface area contributed by atoms with Gasteiger partial charge in [0.05, 0.1) is 19.8 Å². The number of benzene rings is 3. The number of carbonyl (C=O) groups excluding carboxylic acids is 1. The van der Waals surface area contributed by atoms with Gasteiger partial charge in [-0.2, -0.15) is 0 Å². The van der Waals surface area contributed by atoms with Crippen molar-refractivity contribution in [2.24, 2.45) is 0 Å². The van der Waals surface area contributed by atoms with Crippen LogP contribution in [0.5, 0.6) is 23.0 Å². The van der Waals surface area contributed by atoms with Crippen molar-refractivity contribution < 1.29 is 34.0 Å². The van der Waals surface area contributed by atoms with Gasteiger partial charge in [0.25, 0.3) is 0 Å². The number of phenolic OH excluding ortho intramolecular Hbond substituents is 3. The van der Waals surface area contributed by atoms with Crippen LogP contribution in [0.25, 0.3) is 22.1 Å². The average molecular weight is 420 g/mol. The Hall–Kier alpha value is -4.13. The van der Waals surface area contributed by atoms with Gasteiger partial charge in [-0.05, 0) is 35.9 Å². The summed E-state index contributed by atoms with van der Waals surface area (Å²) in [6.45, 7) is 0.0540. The lowest BCUT2D eigenvalue weighted by Crippen LogP contribution is -2.03. The van der Waals surface area contributed by atoms with Crippen LogP contribution in [0.1, 0.15) is 11.1 Å². The van der Waals surface area contributed by atoms with E-state index in [0.717, 1.165) is 16.5 Å². The summed E-state index contributed by atoms with van der Waals surface area (Å²) in [5.74, 6) is 0.129. The van der Waals surface area contributed by atoms with Crippen molar-refractivity contribution in [2.45, 2.75) is 13.0 Å². The third-order valence-corrected chi connectivity index (χ3v) is 4.95. The Balaban J connectivity index is 1.76. The van der Waals surface area contributed by atoms with Crippen molar-refractivity contribution >= 4 is 16.9 Å². The SMILES string of the molecule is COC(=O)Cc1coc2cc(OCc3ccc(O)cc3O)c(-c3ccc(O)cc3)cc12. The summed E-state index contributed by atoms with van der Waals surface area (Å²) in [7, 11) is 1.33. The maximum absolute atomic E-state index is 11.7. The van der Waals surface area contributed by atoms with Crippen LogP contribution in [0.2, 0.25) is 0 Å². The number of ether oxygens (including phenoxy) is 2. The second kappa shape index (κ2) is 8.31. The number of hydrogen-bond donors (Lipinski definition) is 3. The molecular weight excluding hydrogens is 400 g/mol. The first kappa shape index (κ1) is 20.2. The number of methoxy groups -OCH3 is 1. The standard InChI is InChI=1S/C24H20O7/c1-29-24(28)8-16-13-31-23-11-22(30-12-15-4-7-18(26)9-21(15)27)19(10-20(16)23)14-2-5-17(25)6-3-14/h2-7,9-11,13,25-27H,8,12H2,1H3. The molecule has 0 saturated carbocycles. The number of rotatable bonds is 6. The Morgan fingerprint density at radius 1 is 0.935 bits per heavy atom. The van der Waals surface area contributed by atoms with E-state index in [4.69, 9.17) is 13.9 Å². The van der Waals surface area contributed by atoms with Gasteiger partial charge in [-0.15, -0.1) is 0 Å². The zero-order chi connectivity index (χ0) is 22.0. The van der Waals surface area contributed by atoms with E-state index in [1.807, 2.05) is 6.07 Å². The summed E-state index contributed by atoms with van der Waals surface area (Å²) in [6, 6.07) is 14.5. The molecule has 0 saturated heterocycles. The summed E-state index contributed by atoms with van der Waals surface area (Å²) in [4.78, 5) is 11.7. The highest BCUT2D eigenvalue weighted by Gasteiger charge is 2.17. The van der Waals surface area contributed by atoms with Crippen LogP contribution in [0.3, 0.4) is 0 Å². The molecule has 158 valence electrons. The molecular formula is C24H20O7. The third kappa shape index (κ3) is 4.25. The topological polar surface area (TPSA) is 109 Å². The molecule has 31 heavy (non-hydrogen) atoms. The number of furan rings is 1. The number of aromatic hydroxyl groups is 3. The molecule has 1 heterocycles. The van der Waals surface area contributed by atoms with Crippen LogP contribution in [0.4, 0.5) is 0 Å². The fraction of sp³-hybridized carbons (Fsp3) is 0.125. The molecule has 0 atom stereocenters. The fourth-order valence-corrected chi connectivity index (χ4v) is 3.29. The van der Waals surface area contributed by atoms with Gasteiger partial charge in [0.2, 0.25) is 0 Å². The van der Waals surface area contributed by atoms with Gasteiger partial charge >= 0.3 is 5.97 Å². The molecule has 0 spiro atoms. The van der Waals surface area contributed by atoms with E-state index in [1.165, 1.54) is 25.5 Å². The van der Waals surface area contributed by atoms with Crippen molar-refractivity contribution in [3.05, 3.63) is 72.0 Å². The van der Waals surface area contributed by atoms with Gasteiger partial charge in [0.15, 0.2) is 0 Å². The van der Waals surface area contributed by atoms with E-state index in [9.17, 15) is 20.1 Å². The number of phenols is 3. The average Bonchev–Trinajstić information content (AvgIpc) is 3.14. The van der Waals surface area contributed by atoms with Crippen molar-refractivity contribution in [3.8, 4) is 34.1 Å².